The number of nitrogens with one attached hydrogen (secondary N) is 2. The van der Waals surface area contributed by atoms with Crippen LogP contribution in [0.1, 0.15) is 31.7 Å². The second kappa shape index (κ2) is 9.02. The maximum Gasteiger partial charge on any atom is 0.416 e. The molecule has 0 atom stereocenters. The zero-order chi connectivity index (χ0) is 15.7. The molecule has 0 spiro atoms. The van der Waals surface area contributed by atoms with Crippen LogP contribution in [0.25, 0.3) is 0 Å². The fourth-order valence-electron chi connectivity index (χ4n) is 1.82. The molecular formula is C14H22F3N3S. The highest BCUT2D eigenvalue weighted by atomic mass is 32.2. The fourth-order valence-corrected chi connectivity index (χ4v) is 2.31. The molecule has 3 nitrogen and oxygen atoms in total. The smallest absolute Gasteiger partial charge is 0.370 e. The Morgan fingerprint density at radius 3 is 2.33 bits per heavy atom. The molecule has 1 rings (SSSR count). The quantitative estimate of drug-likeness (QED) is 0.658. The fraction of sp³-hybridized carbons (Fsp3) is 0.643. The number of hydrogen-bond acceptors (Lipinski definition) is 4. The average Bonchev–Trinajstić information content (AvgIpc) is 2.42. The lowest BCUT2D eigenvalue weighted by molar-refractivity contribution is -0.137. The van der Waals surface area contributed by atoms with Gasteiger partial charge in [-0.1, -0.05) is 6.42 Å². The second-order valence-corrected chi connectivity index (χ2v) is 5.62. The molecule has 1 aromatic heterocycles. The van der Waals surface area contributed by atoms with E-state index in [0.717, 1.165) is 37.1 Å². The molecule has 0 fully saturated rings. The SMILES string of the molecule is CCNc1cc(C(F)(F)F)cc(NCCCCCSC)n1. The minimum absolute atomic E-state index is 0.247. The minimum Gasteiger partial charge on any atom is -0.370 e. The summed E-state index contributed by atoms with van der Waals surface area (Å²) >= 11 is 1.80. The number of alkyl halides is 3. The number of unbranched alkanes of at least 4 members (excludes halogenated alkanes) is 2. The molecule has 7 heteroatoms. The molecule has 2 N–H and O–H groups in total. The Balaban J connectivity index is 2.61. The van der Waals surface area contributed by atoms with Crippen molar-refractivity contribution in [2.75, 3.05) is 35.7 Å². The van der Waals surface area contributed by atoms with Crippen molar-refractivity contribution in [3.63, 3.8) is 0 Å². The highest BCUT2D eigenvalue weighted by molar-refractivity contribution is 7.98. The lowest BCUT2D eigenvalue weighted by Gasteiger charge is -2.13. The molecule has 0 amide bonds. The number of aromatic nitrogens is 1. The van der Waals surface area contributed by atoms with E-state index in [1.807, 2.05) is 6.92 Å². The summed E-state index contributed by atoms with van der Waals surface area (Å²) in [6.07, 6.45) is 0.818. The molecular weight excluding hydrogens is 299 g/mol. The van der Waals surface area contributed by atoms with Crippen molar-refractivity contribution >= 4 is 23.4 Å². The topological polar surface area (TPSA) is 37.0 Å². The summed E-state index contributed by atoms with van der Waals surface area (Å²) in [4.78, 5) is 4.14. The number of nitrogens with zero attached hydrogens (tertiary/aromatic N) is 1. The van der Waals surface area contributed by atoms with Gasteiger partial charge in [0.25, 0.3) is 0 Å². The van der Waals surface area contributed by atoms with Gasteiger partial charge in [-0.15, -0.1) is 0 Å². The number of rotatable bonds is 9. The molecule has 0 aromatic carbocycles. The van der Waals surface area contributed by atoms with Gasteiger partial charge in [0.15, 0.2) is 0 Å². The van der Waals surface area contributed by atoms with Crippen molar-refractivity contribution in [2.45, 2.75) is 32.4 Å². The Bertz CT molecular complexity index is 424. The monoisotopic (exact) mass is 321 g/mol. The van der Waals surface area contributed by atoms with Crippen molar-refractivity contribution in [3.05, 3.63) is 17.7 Å². The van der Waals surface area contributed by atoms with Gasteiger partial charge < -0.3 is 10.6 Å². The van der Waals surface area contributed by atoms with E-state index < -0.39 is 11.7 Å². The van der Waals surface area contributed by atoms with Crippen LogP contribution in [-0.2, 0) is 6.18 Å². The van der Waals surface area contributed by atoms with Crippen LogP contribution < -0.4 is 10.6 Å². The van der Waals surface area contributed by atoms with Crippen LogP contribution in [0, 0.1) is 0 Å². The van der Waals surface area contributed by atoms with Gasteiger partial charge in [0, 0.05) is 13.1 Å². The van der Waals surface area contributed by atoms with Crippen molar-refractivity contribution in [3.8, 4) is 0 Å². The third-order valence-corrected chi connectivity index (χ3v) is 3.54. The van der Waals surface area contributed by atoms with E-state index in [1.54, 1.807) is 11.8 Å². The molecule has 0 aliphatic carbocycles. The predicted octanol–water partition coefficient (Wildman–Crippen LogP) is 4.48. The van der Waals surface area contributed by atoms with Crippen LogP contribution in [-0.4, -0.2) is 30.1 Å². The minimum atomic E-state index is -4.36. The van der Waals surface area contributed by atoms with E-state index in [1.165, 1.54) is 0 Å². The lowest BCUT2D eigenvalue weighted by Crippen LogP contribution is -2.11. The predicted molar refractivity (Wildman–Crippen MR) is 84.1 cm³/mol. The number of halogens is 3. The number of anilines is 2. The molecule has 21 heavy (non-hydrogen) atoms. The zero-order valence-corrected chi connectivity index (χ0v) is 13.2. The van der Waals surface area contributed by atoms with Gasteiger partial charge in [-0.3, -0.25) is 0 Å². The molecule has 0 bridgehead atoms. The molecule has 0 saturated heterocycles. The summed E-state index contributed by atoms with van der Waals surface area (Å²) in [6, 6.07) is 2.09. The molecule has 120 valence electrons. The first-order valence-electron chi connectivity index (χ1n) is 7.03. The Kier molecular flexibility index (Phi) is 7.71. The van der Waals surface area contributed by atoms with Gasteiger partial charge in [-0.05, 0) is 43.9 Å². The largest absolute Gasteiger partial charge is 0.416 e. The average molecular weight is 321 g/mol. The van der Waals surface area contributed by atoms with Crippen LogP contribution >= 0.6 is 11.8 Å². The van der Waals surface area contributed by atoms with Crippen LogP contribution in [0.4, 0.5) is 24.8 Å². The summed E-state index contributed by atoms with van der Waals surface area (Å²) < 4.78 is 38.5. The molecule has 0 aliphatic rings. The zero-order valence-electron chi connectivity index (χ0n) is 12.4. The first-order valence-corrected chi connectivity index (χ1v) is 8.42. The summed E-state index contributed by atoms with van der Waals surface area (Å²) in [6.45, 7) is 2.98. The van der Waals surface area contributed by atoms with Crippen LogP contribution in [0.5, 0.6) is 0 Å². The van der Waals surface area contributed by atoms with Crippen molar-refractivity contribution < 1.29 is 13.2 Å². The van der Waals surface area contributed by atoms with Gasteiger partial charge in [-0.2, -0.15) is 24.9 Å². The summed E-state index contributed by atoms with van der Waals surface area (Å²) in [5.74, 6) is 1.63. The van der Waals surface area contributed by atoms with Crippen molar-refractivity contribution in [1.29, 1.82) is 0 Å². The number of pyridine rings is 1. The Labute approximate surface area is 128 Å². The van der Waals surface area contributed by atoms with E-state index >= 15 is 0 Å². The Morgan fingerprint density at radius 2 is 1.76 bits per heavy atom. The normalized spacial score (nSPS) is 11.5. The summed E-state index contributed by atoms with van der Waals surface area (Å²) in [5.41, 5.74) is -0.682. The van der Waals surface area contributed by atoms with E-state index in [0.29, 0.717) is 13.1 Å². The molecule has 0 aliphatic heterocycles. The van der Waals surface area contributed by atoms with Gasteiger partial charge >= 0.3 is 6.18 Å². The second-order valence-electron chi connectivity index (χ2n) is 4.63. The molecule has 0 saturated carbocycles. The van der Waals surface area contributed by atoms with Crippen molar-refractivity contribution in [2.24, 2.45) is 0 Å². The van der Waals surface area contributed by atoms with Crippen LogP contribution in [0.2, 0.25) is 0 Å². The van der Waals surface area contributed by atoms with E-state index in [4.69, 9.17) is 0 Å². The van der Waals surface area contributed by atoms with Gasteiger partial charge in [0.1, 0.15) is 11.6 Å². The summed E-state index contributed by atoms with van der Waals surface area (Å²) in [5, 5.41) is 5.80. The van der Waals surface area contributed by atoms with Gasteiger partial charge in [0.2, 0.25) is 0 Å². The third kappa shape index (κ3) is 6.93. The molecule has 0 unspecified atom stereocenters. The molecule has 1 aromatic rings. The highest BCUT2D eigenvalue weighted by Crippen LogP contribution is 2.32. The number of thioether (sulfide) groups is 1. The van der Waals surface area contributed by atoms with Gasteiger partial charge in [0.05, 0.1) is 5.56 Å². The summed E-state index contributed by atoms with van der Waals surface area (Å²) in [7, 11) is 0. The van der Waals surface area contributed by atoms with E-state index in [9.17, 15) is 13.2 Å². The Morgan fingerprint density at radius 1 is 1.10 bits per heavy atom. The van der Waals surface area contributed by atoms with Crippen LogP contribution in [0.3, 0.4) is 0 Å². The van der Waals surface area contributed by atoms with Crippen LogP contribution in [0.15, 0.2) is 12.1 Å². The maximum atomic E-state index is 12.8. The molecule has 1 heterocycles. The van der Waals surface area contributed by atoms with E-state index in [-0.39, 0.29) is 11.6 Å². The molecule has 0 radical (unpaired) electrons. The lowest BCUT2D eigenvalue weighted by atomic mass is 10.2. The Hall–Kier alpha value is -1.11. The third-order valence-electron chi connectivity index (χ3n) is 2.84. The first kappa shape index (κ1) is 17.9. The number of hydrogen-bond donors (Lipinski definition) is 2. The standard InChI is InChI=1S/C14H22F3N3S/c1-3-18-12-9-11(14(15,16)17)10-13(20-12)19-7-5-4-6-8-21-2/h9-10H,3-8H2,1-2H3,(H2,18,19,20). The van der Waals surface area contributed by atoms with Gasteiger partial charge in [-0.25, -0.2) is 4.98 Å². The first-order chi connectivity index (χ1) is 9.97. The van der Waals surface area contributed by atoms with E-state index in [2.05, 4.69) is 21.9 Å². The highest BCUT2D eigenvalue weighted by Gasteiger charge is 2.31. The maximum absolute atomic E-state index is 12.8. The van der Waals surface area contributed by atoms with Crippen molar-refractivity contribution in [1.82, 2.24) is 4.98 Å².